The Morgan fingerprint density at radius 3 is 2.36 bits per heavy atom. The number of ketones is 1. The van der Waals surface area contributed by atoms with Crippen molar-refractivity contribution in [2.24, 2.45) is 0 Å². The van der Waals surface area contributed by atoms with Gasteiger partial charge in [-0.15, -0.1) is 0 Å². The first-order chi connectivity index (χ1) is 10.5. The summed E-state index contributed by atoms with van der Waals surface area (Å²) >= 11 is 0. The molecule has 0 saturated heterocycles. The molecule has 1 aliphatic heterocycles. The van der Waals surface area contributed by atoms with Crippen LogP contribution >= 0.6 is 0 Å². The molecule has 0 saturated carbocycles. The molecule has 3 rings (SSSR count). The molecule has 0 aliphatic carbocycles. The maximum absolute atomic E-state index is 12.5. The van der Waals surface area contributed by atoms with Crippen molar-refractivity contribution < 1.29 is 29.6 Å². The van der Waals surface area contributed by atoms with Crippen LogP contribution in [0.4, 0.5) is 0 Å². The van der Waals surface area contributed by atoms with Crippen molar-refractivity contribution in [3.63, 3.8) is 0 Å². The number of carbonyl (C=O) groups is 1. The number of hydrogen-bond donors (Lipinski definition) is 3. The number of ether oxygens (including phenoxy) is 2. The number of benzene rings is 2. The number of carbonyl (C=O) groups excluding carboxylic acids is 1. The number of phenols is 3. The largest absolute Gasteiger partial charge is 0.508 e. The Bertz CT molecular complexity index is 722. The lowest BCUT2D eigenvalue weighted by Crippen LogP contribution is -2.37. The molecule has 6 heteroatoms. The van der Waals surface area contributed by atoms with E-state index in [2.05, 4.69) is 0 Å². The molecule has 2 aromatic rings. The molecule has 1 heterocycles. The van der Waals surface area contributed by atoms with Crippen LogP contribution in [0.3, 0.4) is 0 Å². The quantitative estimate of drug-likeness (QED) is 0.786. The van der Waals surface area contributed by atoms with E-state index in [-0.39, 0.29) is 28.6 Å². The molecule has 2 atom stereocenters. The summed E-state index contributed by atoms with van der Waals surface area (Å²) in [6, 6.07) is 8.54. The number of Topliss-reactive ketones (excluding diaryl/α,β-unsaturated/α-hetero) is 1. The smallest absolute Gasteiger partial charge is 0.203 e. The topological polar surface area (TPSA) is 96.2 Å². The SMILES string of the molecule is CO[C@@H]1C(=O)c2c(O)cc(O)cc2O[C@H]1c1ccc(O)cc1. The average Bonchev–Trinajstić information content (AvgIpc) is 2.47. The van der Waals surface area contributed by atoms with E-state index < -0.39 is 18.0 Å². The van der Waals surface area contributed by atoms with Gasteiger partial charge in [0.05, 0.1) is 0 Å². The van der Waals surface area contributed by atoms with Crippen molar-refractivity contribution in [1.82, 2.24) is 0 Å². The molecule has 0 spiro atoms. The van der Waals surface area contributed by atoms with Gasteiger partial charge in [-0.2, -0.15) is 0 Å². The van der Waals surface area contributed by atoms with Gasteiger partial charge in [0.2, 0.25) is 5.78 Å². The second-order valence-electron chi connectivity index (χ2n) is 4.99. The molecule has 22 heavy (non-hydrogen) atoms. The summed E-state index contributed by atoms with van der Waals surface area (Å²) in [7, 11) is 1.38. The zero-order chi connectivity index (χ0) is 15.9. The van der Waals surface area contributed by atoms with Crippen LogP contribution in [0, 0.1) is 0 Å². The highest BCUT2D eigenvalue weighted by molar-refractivity contribution is 6.05. The normalized spacial score (nSPS) is 20.3. The predicted octanol–water partition coefficient (Wildman–Crippen LogP) is 2.13. The molecule has 2 aromatic carbocycles. The first kappa shape index (κ1) is 14.2. The Morgan fingerprint density at radius 2 is 1.73 bits per heavy atom. The zero-order valence-electron chi connectivity index (χ0n) is 11.7. The van der Waals surface area contributed by atoms with E-state index in [9.17, 15) is 20.1 Å². The molecule has 0 amide bonds. The second-order valence-corrected chi connectivity index (χ2v) is 4.99. The number of rotatable bonds is 2. The van der Waals surface area contributed by atoms with Crippen LogP contribution in [0.2, 0.25) is 0 Å². The van der Waals surface area contributed by atoms with E-state index in [1.807, 2.05) is 0 Å². The molecular formula is C16H14O6. The maximum Gasteiger partial charge on any atom is 0.203 e. The van der Waals surface area contributed by atoms with Gasteiger partial charge in [-0.05, 0) is 17.7 Å². The maximum atomic E-state index is 12.5. The first-order valence-corrected chi connectivity index (χ1v) is 6.60. The van der Waals surface area contributed by atoms with Gasteiger partial charge < -0.3 is 24.8 Å². The Hall–Kier alpha value is -2.73. The van der Waals surface area contributed by atoms with E-state index in [1.54, 1.807) is 12.1 Å². The molecule has 1 aliphatic rings. The molecule has 0 unspecified atom stereocenters. The van der Waals surface area contributed by atoms with Crippen LogP contribution in [-0.2, 0) is 4.74 Å². The van der Waals surface area contributed by atoms with E-state index in [4.69, 9.17) is 9.47 Å². The molecule has 114 valence electrons. The zero-order valence-corrected chi connectivity index (χ0v) is 11.7. The summed E-state index contributed by atoms with van der Waals surface area (Å²) in [5.74, 6) is -0.806. The highest BCUT2D eigenvalue weighted by Gasteiger charge is 2.40. The molecular weight excluding hydrogens is 288 g/mol. The molecule has 6 nitrogen and oxygen atoms in total. The monoisotopic (exact) mass is 302 g/mol. The van der Waals surface area contributed by atoms with Gasteiger partial charge in [0.1, 0.15) is 28.6 Å². The number of aromatic hydroxyl groups is 3. The molecule has 0 bridgehead atoms. The third-order valence-electron chi connectivity index (χ3n) is 3.58. The van der Waals surface area contributed by atoms with Crippen LogP contribution in [-0.4, -0.2) is 34.3 Å². The summed E-state index contributed by atoms with van der Waals surface area (Å²) in [6.07, 6.45) is -1.68. The predicted molar refractivity (Wildman–Crippen MR) is 76.4 cm³/mol. The van der Waals surface area contributed by atoms with Crippen molar-refractivity contribution in [3.8, 4) is 23.0 Å². The minimum absolute atomic E-state index is 0.0142. The summed E-state index contributed by atoms with van der Waals surface area (Å²) in [6.45, 7) is 0. The molecule has 0 aromatic heterocycles. The number of methoxy groups -OCH3 is 1. The first-order valence-electron chi connectivity index (χ1n) is 6.60. The van der Waals surface area contributed by atoms with Gasteiger partial charge in [0.15, 0.2) is 12.2 Å². The van der Waals surface area contributed by atoms with Crippen LogP contribution in [0.25, 0.3) is 0 Å². The Kier molecular flexibility index (Phi) is 3.38. The van der Waals surface area contributed by atoms with E-state index in [0.717, 1.165) is 6.07 Å². The molecule has 0 radical (unpaired) electrons. The van der Waals surface area contributed by atoms with Crippen molar-refractivity contribution in [1.29, 1.82) is 0 Å². The Morgan fingerprint density at radius 1 is 1.05 bits per heavy atom. The van der Waals surface area contributed by atoms with Crippen molar-refractivity contribution in [2.75, 3.05) is 7.11 Å². The van der Waals surface area contributed by atoms with Crippen LogP contribution in [0.5, 0.6) is 23.0 Å². The van der Waals surface area contributed by atoms with Crippen LogP contribution in [0.15, 0.2) is 36.4 Å². The van der Waals surface area contributed by atoms with Gasteiger partial charge in [0.25, 0.3) is 0 Å². The molecule has 3 N–H and O–H groups in total. The lowest BCUT2D eigenvalue weighted by atomic mass is 9.92. The van der Waals surface area contributed by atoms with E-state index >= 15 is 0 Å². The van der Waals surface area contributed by atoms with Gasteiger partial charge in [0, 0.05) is 19.2 Å². The Balaban J connectivity index is 2.09. The number of phenolic OH excluding ortho intramolecular Hbond substituents is 3. The summed E-state index contributed by atoms with van der Waals surface area (Å²) < 4.78 is 11.0. The summed E-state index contributed by atoms with van der Waals surface area (Å²) in [5, 5.41) is 28.8. The number of hydrogen-bond acceptors (Lipinski definition) is 6. The van der Waals surface area contributed by atoms with Crippen molar-refractivity contribution >= 4 is 5.78 Å². The van der Waals surface area contributed by atoms with Crippen LogP contribution < -0.4 is 4.74 Å². The third kappa shape index (κ3) is 2.23. The lowest BCUT2D eigenvalue weighted by Gasteiger charge is -2.32. The van der Waals surface area contributed by atoms with Crippen molar-refractivity contribution in [3.05, 3.63) is 47.5 Å². The van der Waals surface area contributed by atoms with Crippen LogP contribution in [0.1, 0.15) is 22.0 Å². The van der Waals surface area contributed by atoms with E-state index in [1.165, 1.54) is 25.3 Å². The van der Waals surface area contributed by atoms with Gasteiger partial charge in [-0.25, -0.2) is 0 Å². The fraction of sp³-hybridized carbons (Fsp3) is 0.188. The fourth-order valence-corrected chi connectivity index (χ4v) is 2.54. The summed E-state index contributed by atoms with van der Waals surface area (Å²) in [4.78, 5) is 12.5. The van der Waals surface area contributed by atoms with Gasteiger partial charge in [-0.3, -0.25) is 4.79 Å². The number of fused-ring (bicyclic) bond motifs is 1. The highest BCUT2D eigenvalue weighted by Crippen LogP contribution is 2.42. The Labute approximate surface area is 126 Å². The third-order valence-corrected chi connectivity index (χ3v) is 3.58. The van der Waals surface area contributed by atoms with Gasteiger partial charge in [-0.1, -0.05) is 12.1 Å². The lowest BCUT2D eigenvalue weighted by molar-refractivity contribution is -0.00108. The highest BCUT2D eigenvalue weighted by atomic mass is 16.5. The van der Waals surface area contributed by atoms with E-state index in [0.29, 0.717) is 5.56 Å². The minimum atomic E-state index is -0.938. The average molecular weight is 302 g/mol. The molecule has 0 fully saturated rings. The summed E-state index contributed by atoms with van der Waals surface area (Å²) in [5.41, 5.74) is 0.617. The van der Waals surface area contributed by atoms with Crippen molar-refractivity contribution in [2.45, 2.75) is 12.2 Å². The minimum Gasteiger partial charge on any atom is -0.508 e. The standard InChI is InChI=1S/C16H14O6/c1-21-16-14(20)13-11(19)6-10(18)7-12(13)22-15(16)8-2-4-9(17)5-3-8/h2-7,15-19H,1H3/t15-,16+/m0/s1. The second kappa shape index (κ2) is 5.23. The van der Waals surface area contributed by atoms with Gasteiger partial charge >= 0.3 is 0 Å². The fourth-order valence-electron chi connectivity index (χ4n) is 2.54.